The summed E-state index contributed by atoms with van der Waals surface area (Å²) in [6.45, 7) is 6.75. The second-order valence-corrected chi connectivity index (χ2v) is 6.09. The number of hydrogen-bond donors (Lipinski definition) is 1. The van der Waals surface area contributed by atoms with Crippen molar-refractivity contribution in [3.63, 3.8) is 0 Å². The summed E-state index contributed by atoms with van der Waals surface area (Å²) in [6.07, 6.45) is 10.6. The largest absolute Gasteiger partial charge is 0.375 e. The molecular weight excluding hydrogens is 210 g/mol. The molecule has 1 aliphatic heterocycles. The molecule has 1 saturated heterocycles. The monoisotopic (exact) mass is 239 g/mol. The Kier molecular flexibility index (Phi) is 4.87. The van der Waals surface area contributed by atoms with Gasteiger partial charge >= 0.3 is 0 Å². The lowest BCUT2D eigenvalue weighted by atomic mass is 9.74. The predicted octanol–water partition coefficient (Wildman–Crippen LogP) is 3.50. The van der Waals surface area contributed by atoms with Crippen LogP contribution in [0.15, 0.2) is 0 Å². The zero-order valence-electron chi connectivity index (χ0n) is 11.6. The first kappa shape index (κ1) is 13.4. The Morgan fingerprint density at radius 3 is 2.76 bits per heavy atom. The summed E-state index contributed by atoms with van der Waals surface area (Å²) >= 11 is 0. The summed E-state index contributed by atoms with van der Waals surface area (Å²) in [7, 11) is 0. The van der Waals surface area contributed by atoms with Crippen LogP contribution in [0.4, 0.5) is 0 Å². The molecule has 0 radical (unpaired) electrons. The van der Waals surface area contributed by atoms with E-state index >= 15 is 0 Å². The second kappa shape index (κ2) is 6.19. The van der Waals surface area contributed by atoms with E-state index in [-0.39, 0.29) is 5.60 Å². The third-order valence-electron chi connectivity index (χ3n) is 4.72. The van der Waals surface area contributed by atoms with Crippen LogP contribution >= 0.6 is 0 Å². The minimum absolute atomic E-state index is 0.267. The molecule has 1 aliphatic carbocycles. The smallest absolute Gasteiger partial charge is 0.0685 e. The van der Waals surface area contributed by atoms with Crippen molar-refractivity contribution in [3.05, 3.63) is 0 Å². The van der Waals surface area contributed by atoms with Gasteiger partial charge in [0.1, 0.15) is 0 Å². The average molecular weight is 239 g/mol. The van der Waals surface area contributed by atoms with E-state index in [0.29, 0.717) is 6.04 Å². The Bertz CT molecular complexity index is 217. The van der Waals surface area contributed by atoms with Crippen LogP contribution in [0.2, 0.25) is 0 Å². The summed E-state index contributed by atoms with van der Waals surface area (Å²) < 4.78 is 6.16. The molecule has 2 rings (SSSR count). The molecule has 1 saturated carbocycles. The van der Waals surface area contributed by atoms with Crippen molar-refractivity contribution in [2.24, 2.45) is 5.92 Å². The van der Waals surface area contributed by atoms with Crippen LogP contribution in [-0.2, 0) is 4.74 Å². The van der Waals surface area contributed by atoms with Crippen molar-refractivity contribution in [2.75, 3.05) is 13.2 Å². The minimum atomic E-state index is 0.267. The van der Waals surface area contributed by atoms with Crippen molar-refractivity contribution in [3.8, 4) is 0 Å². The van der Waals surface area contributed by atoms with E-state index in [1.807, 2.05) is 0 Å². The maximum Gasteiger partial charge on any atom is 0.0685 e. The Balaban J connectivity index is 1.87. The van der Waals surface area contributed by atoms with Crippen molar-refractivity contribution in [1.82, 2.24) is 5.32 Å². The molecule has 0 bridgehead atoms. The first-order valence-corrected chi connectivity index (χ1v) is 7.63. The Morgan fingerprint density at radius 2 is 2.06 bits per heavy atom. The van der Waals surface area contributed by atoms with Crippen LogP contribution in [-0.4, -0.2) is 24.8 Å². The van der Waals surface area contributed by atoms with Gasteiger partial charge in [0.05, 0.1) is 5.60 Å². The first-order valence-electron chi connectivity index (χ1n) is 7.63. The quantitative estimate of drug-likeness (QED) is 0.810. The molecule has 2 aliphatic rings. The van der Waals surface area contributed by atoms with E-state index in [1.54, 1.807) is 0 Å². The molecule has 17 heavy (non-hydrogen) atoms. The summed E-state index contributed by atoms with van der Waals surface area (Å²) in [4.78, 5) is 0. The van der Waals surface area contributed by atoms with E-state index in [2.05, 4.69) is 19.2 Å². The molecule has 0 aromatic carbocycles. The number of rotatable bonds is 4. The minimum Gasteiger partial charge on any atom is -0.375 e. The zero-order valence-corrected chi connectivity index (χ0v) is 11.6. The van der Waals surface area contributed by atoms with Crippen LogP contribution in [0.25, 0.3) is 0 Å². The third-order valence-corrected chi connectivity index (χ3v) is 4.72. The fourth-order valence-electron chi connectivity index (χ4n) is 3.58. The standard InChI is InChI=1S/C15H29NO/c1-3-10-16-13(2)14-7-11-17-15(12-14)8-5-4-6-9-15/h13-14,16H,3-12H2,1-2H3. The van der Waals surface area contributed by atoms with Gasteiger partial charge in [-0.3, -0.25) is 0 Å². The van der Waals surface area contributed by atoms with E-state index < -0.39 is 0 Å². The molecule has 100 valence electrons. The first-order chi connectivity index (χ1) is 8.26. The number of ether oxygens (including phenoxy) is 1. The summed E-state index contributed by atoms with van der Waals surface area (Å²) in [5, 5.41) is 3.67. The Labute approximate surface area is 107 Å². The lowest BCUT2D eigenvalue weighted by Gasteiger charge is -2.45. The topological polar surface area (TPSA) is 21.3 Å². The van der Waals surface area contributed by atoms with E-state index in [9.17, 15) is 0 Å². The van der Waals surface area contributed by atoms with Crippen molar-refractivity contribution in [2.45, 2.75) is 76.9 Å². The fraction of sp³-hybridized carbons (Fsp3) is 1.00. The summed E-state index contributed by atoms with van der Waals surface area (Å²) in [6, 6.07) is 0.664. The van der Waals surface area contributed by atoms with Gasteiger partial charge < -0.3 is 10.1 Å². The highest BCUT2D eigenvalue weighted by molar-refractivity contribution is 4.92. The predicted molar refractivity (Wildman–Crippen MR) is 72.2 cm³/mol. The van der Waals surface area contributed by atoms with Gasteiger partial charge in [-0.05, 0) is 51.5 Å². The molecule has 0 amide bonds. The molecule has 0 aromatic heterocycles. The summed E-state index contributed by atoms with van der Waals surface area (Å²) in [5.41, 5.74) is 0.267. The van der Waals surface area contributed by atoms with Gasteiger partial charge in [0.2, 0.25) is 0 Å². The zero-order chi connectivity index (χ0) is 12.1. The molecule has 1 heterocycles. The summed E-state index contributed by atoms with van der Waals surface area (Å²) in [5.74, 6) is 0.827. The van der Waals surface area contributed by atoms with E-state index in [4.69, 9.17) is 4.74 Å². The molecular formula is C15H29NO. The fourth-order valence-corrected chi connectivity index (χ4v) is 3.58. The molecule has 0 aromatic rings. The van der Waals surface area contributed by atoms with Gasteiger partial charge in [-0.1, -0.05) is 26.2 Å². The van der Waals surface area contributed by atoms with Gasteiger partial charge in [0.25, 0.3) is 0 Å². The highest BCUT2D eigenvalue weighted by Gasteiger charge is 2.39. The van der Waals surface area contributed by atoms with Gasteiger partial charge in [0, 0.05) is 12.6 Å². The molecule has 2 nitrogen and oxygen atoms in total. The van der Waals surface area contributed by atoms with Gasteiger partial charge in [-0.2, -0.15) is 0 Å². The Morgan fingerprint density at radius 1 is 1.29 bits per heavy atom. The van der Waals surface area contributed by atoms with E-state index in [0.717, 1.165) is 19.1 Å². The lowest BCUT2D eigenvalue weighted by molar-refractivity contribution is -0.121. The maximum atomic E-state index is 6.16. The number of nitrogens with one attached hydrogen (secondary N) is 1. The normalized spacial score (nSPS) is 30.4. The van der Waals surface area contributed by atoms with Gasteiger partial charge in [0.15, 0.2) is 0 Å². The molecule has 2 unspecified atom stereocenters. The van der Waals surface area contributed by atoms with Gasteiger partial charge in [-0.15, -0.1) is 0 Å². The van der Waals surface area contributed by atoms with E-state index in [1.165, 1.54) is 51.4 Å². The van der Waals surface area contributed by atoms with Gasteiger partial charge in [-0.25, -0.2) is 0 Å². The molecule has 1 spiro atoms. The highest BCUT2D eigenvalue weighted by Crippen LogP contribution is 2.41. The van der Waals surface area contributed by atoms with Crippen LogP contribution in [0.5, 0.6) is 0 Å². The maximum absolute atomic E-state index is 6.16. The molecule has 2 atom stereocenters. The average Bonchev–Trinajstić information content (AvgIpc) is 2.37. The SMILES string of the molecule is CCCNC(C)C1CCOC2(CCCCC2)C1. The molecule has 2 fully saturated rings. The Hall–Kier alpha value is -0.0800. The van der Waals surface area contributed by atoms with Crippen LogP contribution in [0.1, 0.15) is 65.2 Å². The third kappa shape index (κ3) is 3.45. The highest BCUT2D eigenvalue weighted by atomic mass is 16.5. The van der Waals surface area contributed by atoms with Crippen molar-refractivity contribution in [1.29, 1.82) is 0 Å². The second-order valence-electron chi connectivity index (χ2n) is 6.09. The number of hydrogen-bond acceptors (Lipinski definition) is 2. The lowest BCUT2D eigenvalue weighted by Crippen LogP contribution is -2.46. The van der Waals surface area contributed by atoms with Crippen molar-refractivity contribution >= 4 is 0 Å². The van der Waals surface area contributed by atoms with Crippen molar-refractivity contribution < 1.29 is 4.74 Å². The van der Waals surface area contributed by atoms with Crippen LogP contribution in [0.3, 0.4) is 0 Å². The molecule has 1 N–H and O–H groups in total. The molecule has 2 heteroatoms. The van der Waals surface area contributed by atoms with Crippen LogP contribution < -0.4 is 5.32 Å². The van der Waals surface area contributed by atoms with Crippen LogP contribution in [0, 0.1) is 5.92 Å².